The van der Waals surface area contributed by atoms with Crippen molar-refractivity contribution in [2.24, 2.45) is 0 Å². The number of carboxylic acid groups (broad SMARTS) is 1. The Balaban J connectivity index is 2.49. The molecule has 0 atom stereocenters. The van der Waals surface area contributed by atoms with E-state index < -0.39 is 5.97 Å². The van der Waals surface area contributed by atoms with E-state index in [1.807, 2.05) is 0 Å². The minimum atomic E-state index is -0.886. The molecule has 106 valence electrons. The molecule has 1 heterocycles. The number of fused-ring (bicyclic) bond motifs is 1. The Morgan fingerprint density at radius 1 is 1.20 bits per heavy atom. The van der Waals surface area contributed by atoms with Gasteiger partial charge in [-0.2, -0.15) is 0 Å². The molecule has 1 N–H and O–H groups in total. The van der Waals surface area contributed by atoms with Gasteiger partial charge in [0.05, 0.1) is 36.7 Å². The maximum Gasteiger partial charge on any atom is 0.313 e. The molecule has 0 amide bonds. The van der Waals surface area contributed by atoms with Crippen molar-refractivity contribution < 1.29 is 19.4 Å². The van der Waals surface area contributed by atoms with Crippen LogP contribution in [0.25, 0.3) is 11.0 Å². The van der Waals surface area contributed by atoms with Gasteiger partial charge in [-0.15, -0.1) is 0 Å². The Labute approximate surface area is 120 Å². The van der Waals surface area contributed by atoms with Crippen molar-refractivity contribution in [2.75, 3.05) is 20.0 Å². The van der Waals surface area contributed by atoms with Gasteiger partial charge in [-0.1, -0.05) is 11.8 Å². The van der Waals surface area contributed by atoms with E-state index in [0.29, 0.717) is 33.3 Å². The Kier molecular flexibility index (Phi) is 4.29. The Morgan fingerprint density at radius 3 is 2.25 bits per heavy atom. The molecule has 1 aromatic heterocycles. The summed E-state index contributed by atoms with van der Waals surface area (Å²) in [5.41, 5.74) is 2.01. The fourth-order valence-electron chi connectivity index (χ4n) is 1.72. The van der Waals surface area contributed by atoms with Crippen LogP contribution in [0.15, 0.2) is 17.2 Å². The average molecular weight is 294 g/mol. The predicted octanol–water partition coefficient (Wildman–Crippen LogP) is 2.13. The van der Waals surface area contributed by atoms with Crippen LogP contribution < -0.4 is 9.47 Å². The summed E-state index contributed by atoms with van der Waals surface area (Å²) in [6, 6.07) is 3.48. The number of ether oxygens (including phenoxy) is 2. The zero-order valence-electron chi connectivity index (χ0n) is 11.3. The van der Waals surface area contributed by atoms with Crippen molar-refractivity contribution in [1.29, 1.82) is 0 Å². The van der Waals surface area contributed by atoms with Crippen molar-refractivity contribution in [3.63, 3.8) is 0 Å². The number of aliphatic carboxylic acids is 1. The highest BCUT2D eigenvalue weighted by molar-refractivity contribution is 7.99. The minimum absolute atomic E-state index is 0.0473. The summed E-state index contributed by atoms with van der Waals surface area (Å²) in [5, 5.41) is 9.33. The van der Waals surface area contributed by atoms with Gasteiger partial charge < -0.3 is 14.6 Å². The highest BCUT2D eigenvalue weighted by Gasteiger charge is 2.12. The largest absolute Gasteiger partial charge is 0.493 e. The number of hydrogen-bond donors (Lipinski definition) is 1. The molecule has 2 rings (SSSR count). The molecule has 0 saturated carbocycles. The molecule has 0 aliphatic carbocycles. The topological polar surface area (TPSA) is 81.5 Å². The molecule has 0 fully saturated rings. The number of hydrogen-bond acceptors (Lipinski definition) is 6. The van der Waals surface area contributed by atoms with Gasteiger partial charge in [0.25, 0.3) is 0 Å². The fourth-order valence-corrected chi connectivity index (χ4v) is 2.40. The third kappa shape index (κ3) is 2.93. The Bertz CT molecular complexity index is 660. The van der Waals surface area contributed by atoms with Gasteiger partial charge in [0.2, 0.25) is 0 Å². The van der Waals surface area contributed by atoms with Crippen molar-refractivity contribution >= 4 is 28.8 Å². The fraction of sp³-hybridized carbons (Fsp3) is 0.308. The maximum absolute atomic E-state index is 10.6. The Hall–Kier alpha value is -2.02. The molecule has 0 bridgehead atoms. The van der Waals surface area contributed by atoms with Crippen LogP contribution in [0.2, 0.25) is 0 Å². The lowest BCUT2D eigenvalue weighted by Gasteiger charge is -2.10. The zero-order chi connectivity index (χ0) is 14.7. The third-order valence-electron chi connectivity index (χ3n) is 2.63. The molecule has 0 aliphatic heterocycles. The summed E-state index contributed by atoms with van der Waals surface area (Å²) in [6.07, 6.45) is 0. The number of carbonyl (C=O) groups is 1. The quantitative estimate of drug-likeness (QED) is 0.846. The first-order valence-corrected chi connectivity index (χ1v) is 6.78. The van der Waals surface area contributed by atoms with Crippen LogP contribution in [-0.4, -0.2) is 41.0 Å². The van der Waals surface area contributed by atoms with Crippen LogP contribution in [0, 0.1) is 6.92 Å². The van der Waals surface area contributed by atoms with Crippen LogP contribution >= 0.6 is 11.8 Å². The number of thioether (sulfide) groups is 1. The molecule has 0 unspecified atom stereocenters. The summed E-state index contributed by atoms with van der Waals surface area (Å²) in [6.45, 7) is 1.80. The first-order valence-electron chi connectivity index (χ1n) is 5.80. The van der Waals surface area contributed by atoms with Gasteiger partial charge in [0.15, 0.2) is 11.5 Å². The van der Waals surface area contributed by atoms with Crippen molar-refractivity contribution in [3.05, 3.63) is 17.8 Å². The van der Waals surface area contributed by atoms with E-state index in [1.165, 1.54) is 0 Å². The second-order valence-electron chi connectivity index (χ2n) is 3.99. The first-order chi connectivity index (χ1) is 9.55. The van der Waals surface area contributed by atoms with Gasteiger partial charge in [-0.3, -0.25) is 4.79 Å². The monoisotopic (exact) mass is 294 g/mol. The smallest absolute Gasteiger partial charge is 0.313 e. The van der Waals surface area contributed by atoms with Gasteiger partial charge in [0.1, 0.15) is 5.03 Å². The van der Waals surface area contributed by atoms with E-state index in [4.69, 9.17) is 14.6 Å². The average Bonchev–Trinajstić information content (AvgIpc) is 2.43. The van der Waals surface area contributed by atoms with E-state index >= 15 is 0 Å². The molecular formula is C13H14N2O4S. The molecule has 1 aromatic carbocycles. The molecule has 2 aromatic rings. The molecule has 20 heavy (non-hydrogen) atoms. The maximum atomic E-state index is 10.6. The standard InChI is InChI=1S/C13H14N2O4S/c1-7-13(20-6-12(16)17)15-9-5-11(19-3)10(18-2)4-8(9)14-7/h4-5H,6H2,1-3H3,(H,16,17). The molecule has 0 radical (unpaired) electrons. The first kappa shape index (κ1) is 14.4. The number of aryl methyl sites for hydroxylation is 1. The summed E-state index contributed by atoms with van der Waals surface area (Å²) in [4.78, 5) is 19.5. The Morgan fingerprint density at radius 2 is 1.75 bits per heavy atom. The number of rotatable bonds is 5. The molecule has 0 aliphatic rings. The van der Waals surface area contributed by atoms with E-state index in [1.54, 1.807) is 33.3 Å². The van der Waals surface area contributed by atoms with E-state index in [-0.39, 0.29) is 5.75 Å². The van der Waals surface area contributed by atoms with Gasteiger partial charge in [-0.05, 0) is 6.92 Å². The van der Waals surface area contributed by atoms with E-state index in [9.17, 15) is 4.79 Å². The zero-order valence-corrected chi connectivity index (χ0v) is 12.2. The molecule has 0 saturated heterocycles. The molecule has 0 spiro atoms. The molecular weight excluding hydrogens is 280 g/mol. The lowest BCUT2D eigenvalue weighted by Crippen LogP contribution is -2.01. The molecule has 7 heteroatoms. The number of methoxy groups -OCH3 is 2. The number of aromatic nitrogens is 2. The number of carboxylic acids is 1. The lowest BCUT2D eigenvalue weighted by molar-refractivity contribution is -0.133. The predicted molar refractivity (Wildman–Crippen MR) is 75.7 cm³/mol. The number of benzene rings is 1. The highest BCUT2D eigenvalue weighted by atomic mass is 32.2. The summed E-state index contributed by atoms with van der Waals surface area (Å²) in [7, 11) is 3.10. The van der Waals surface area contributed by atoms with Gasteiger partial charge >= 0.3 is 5.97 Å². The van der Waals surface area contributed by atoms with E-state index in [2.05, 4.69) is 9.97 Å². The van der Waals surface area contributed by atoms with Crippen LogP contribution in [0.1, 0.15) is 5.69 Å². The highest BCUT2D eigenvalue weighted by Crippen LogP contribution is 2.32. The summed E-state index contributed by atoms with van der Waals surface area (Å²) < 4.78 is 10.4. The van der Waals surface area contributed by atoms with Crippen LogP contribution in [0.4, 0.5) is 0 Å². The lowest BCUT2D eigenvalue weighted by atomic mass is 10.2. The minimum Gasteiger partial charge on any atom is -0.493 e. The van der Waals surface area contributed by atoms with Crippen molar-refractivity contribution in [3.8, 4) is 11.5 Å². The second kappa shape index (κ2) is 5.96. The van der Waals surface area contributed by atoms with Gasteiger partial charge in [-0.25, -0.2) is 9.97 Å². The van der Waals surface area contributed by atoms with Crippen LogP contribution in [0.5, 0.6) is 11.5 Å². The van der Waals surface area contributed by atoms with Crippen LogP contribution in [0.3, 0.4) is 0 Å². The number of nitrogens with zero attached hydrogens (tertiary/aromatic N) is 2. The van der Waals surface area contributed by atoms with Gasteiger partial charge in [0, 0.05) is 12.1 Å². The second-order valence-corrected chi connectivity index (χ2v) is 4.96. The van der Waals surface area contributed by atoms with Crippen molar-refractivity contribution in [1.82, 2.24) is 9.97 Å². The normalized spacial score (nSPS) is 10.6. The summed E-state index contributed by atoms with van der Waals surface area (Å²) in [5.74, 6) is 0.212. The van der Waals surface area contributed by atoms with E-state index in [0.717, 1.165) is 11.8 Å². The third-order valence-corrected chi connectivity index (χ3v) is 3.68. The molecule has 6 nitrogen and oxygen atoms in total. The summed E-state index contributed by atoms with van der Waals surface area (Å²) >= 11 is 1.15. The SMILES string of the molecule is COc1cc2nc(C)c(SCC(=O)O)nc2cc1OC. The van der Waals surface area contributed by atoms with Crippen LogP contribution in [-0.2, 0) is 4.79 Å². The van der Waals surface area contributed by atoms with Crippen molar-refractivity contribution in [2.45, 2.75) is 11.9 Å².